The lowest BCUT2D eigenvalue weighted by atomic mass is 10.0. The maximum atomic E-state index is 9.05. The summed E-state index contributed by atoms with van der Waals surface area (Å²) in [4.78, 5) is 0. The highest BCUT2D eigenvalue weighted by Gasteiger charge is 2.34. The van der Waals surface area contributed by atoms with Gasteiger partial charge < -0.3 is 25.2 Å². The Morgan fingerprint density at radius 2 is 1.91 bits per heavy atom. The summed E-state index contributed by atoms with van der Waals surface area (Å²) < 4.78 is 4.71. The highest BCUT2D eigenvalue weighted by molar-refractivity contribution is 4.79. The van der Waals surface area contributed by atoms with Crippen LogP contribution in [0.3, 0.4) is 0 Å². The Kier molecular flexibility index (Phi) is 2.80. The van der Waals surface area contributed by atoms with E-state index in [4.69, 9.17) is 25.2 Å². The molecule has 5 heteroatoms. The Hall–Kier alpha value is -0.200. The summed E-state index contributed by atoms with van der Waals surface area (Å²) in [7, 11) is 0. The van der Waals surface area contributed by atoms with Crippen LogP contribution in [0.2, 0.25) is 0 Å². The first-order chi connectivity index (χ1) is 5.15. The van der Waals surface area contributed by atoms with Crippen molar-refractivity contribution in [2.75, 3.05) is 6.61 Å². The van der Waals surface area contributed by atoms with E-state index in [9.17, 15) is 0 Å². The molecule has 11 heavy (non-hydrogen) atoms. The van der Waals surface area contributed by atoms with Gasteiger partial charge in [0, 0.05) is 6.42 Å². The van der Waals surface area contributed by atoms with Crippen molar-refractivity contribution in [1.82, 2.24) is 0 Å². The standard InChI is InChI=1S/C6H12O5/c7-2-3-1-4(8)5(9)6(10)11-3/h3-10H,1-2H2/t3-,4-,5+,6-/m0/s1. The molecular formula is C6H12O5. The third kappa shape index (κ3) is 1.88. The van der Waals surface area contributed by atoms with Gasteiger partial charge in [0.25, 0.3) is 0 Å². The van der Waals surface area contributed by atoms with Crippen molar-refractivity contribution in [1.29, 1.82) is 0 Å². The van der Waals surface area contributed by atoms with Crippen molar-refractivity contribution in [3.8, 4) is 0 Å². The second-order valence-electron chi connectivity index (χ2n) is 2.62. The van der Waals surface area contributed by atoms with Gasteiger partial charge >= 0.3 is 0 Å². The SMILES string of the molecule is OC[C@@H]1C[C@H](O)[C@@H](O)[C@@H](O)O1. The maximum absolute atomic E-state index is 9.05. The predicted octanol–water partition coefficient (Wildman–Crippen LogP) is -2.19. The van der Waals surface area contributed by atoms with Crippen LogP contribution < -0.4 is 0 Å². The summed E-state index contributed by atoms with van der Waals surface area (Å²) in [5.74, 6) is 0. The van der Waals surface area contributed by atoms with Crippen LogP contribution in [-0.4, -0.2) is 51.6 Å². The Balaban J connectivity index is 2.47. The Bertz CT molecular complexity index is 116. The largest absolute Gasteiger partial charge is 0.394 e. The van der Waals surface area contributed by atoms with Gasteiger partial charge in [0.1, 0.15) is 6.10 Å². The van der Waals surface area contributed by atoms with Gasteiger partial charge in [-0.2, -0.15) is 0 Å². The average Bonchev–Trinajstić information content (AvgIpc) is 1.99. The number of aliphatic hydroxyl groups excluding tert-OH is 4. The second-order valence-corrected chi connectivity index (χ2v) is 2.62. The van der Waals surface area contributed by atoms with E-state index in [1.54, 1.807) is 0 Å². The van der Waals surface area contributed by atoms with Crippen molar-refractivity contribution < 1.29 is 25.2 Å². The van der Waals surface area contributed by atoms with Gasteiger partial charge in [0.05, 0.1) is 18.8 Å². The minimum absolute atomic E-state index is 0.148. The zero-order chi connectivity index (χ0) is 8.43. The minimum atomic E-state index is -1.39. The molecule has 0 saturated carbocycles. The fourth-order valence-corrected chi connectivity index (χ4v) is 1.05. The van der Waals surface area contributed by atoms with E-state index in [1.165, 1.54) is 0 Å². The molecule has 0 aromatic carbocycles. The molecule has 0 amide bonds. The summed E-state index contributed by atoms with van der Waals surface area (Å²) >= 11 is 0. The number of ether oxygens (including phenoxy) is 1. The number of rotatable bonds is 1. The van der Waals surface area contributed by atoms with Crippen LogP contribution in [-0.2, 0) is 4.74 Å². The molecule has 0 aliphatic carbocycles. The Morgan fingerprint density at radius 3 is 2.36 bits per heavy atom. The monoisotopic (exact) mass is 164 g/mol. The molecule has 0 aromatic rings. The molecule has 0 spiro atoms. The number of aliphatic hydroxyl groups is 4. The smallest absolute Gasteiger partial charge is 0.183 e. The molecule has 4 atom stereocenters. The molecule has 1 rings (SSSR count). The van der Waals surface area contributed by atoms with E-state index in [-0.39, 0.29) is 13.0 Å². The third-order valence-corrected chi connectivity index (χ3v) is 1.73. The van der Waals surface area contributed by atoms with E-state index < -0.39 is 24.6 Å². The molecule has 5 nitrogen and oxygen atoms in total. The second kappa shape index (κ2) is 3.46. The third-order valence-electron chi connectivity index (χ3n) is 1.73. The fourth-order valence-electron chi connectivity index (χ4n) is 1.05. The van der Waals surface area contributed by atoms with Gasteiger partial charge in [-0.1, -0.05) is 0 Å². The van der Waals surface area contributed by atoms with Gasteiger partial charge in [-0.3, -0.25) is 0 Å². The van der Waals surface area contributed by atoms with Gasteiger partial charge in [-0.25, -0.2) is 0 Å². The topological polar surface area (TPSA) is 90.2 Å². The summed E-state index contributed by atoms with van der Waals surface area (Å²) in [5, 5.41) is 35.5. The lowest BCUT2D eigenvalue weighted by Crippen LogP contribution is -2.49. The molecule has 1 saturated heterocycles. The van der Waals surface area contributed by atoms with Crippen molar-refractivity contribution in [3.63, 3.8) is 0 Å². The molecule has 0 bridgehead atoms. The van der Waals surface area contributed by atoms with Crippen molar-refractivity contribution >= 4 is 0 Å². The molecule has 1 fully saturated rings. The first-order valence-electron chi connectivity index (χ1n) is 3.45. The summed E-state index contributed by atoms with van der Waals surface area (Å²) in [5.41, 5.74) is 0. The normalized spacial score (nSPS) is 45.8. The molecule has 66 valence electrons. The van der Waals surface area contributed by atoms with E-state index in [0.717, 1.165) is 0 Å². The van der Waals surface area contributed by atoms with E-state index in [0.29, 0.717) is 0 Å². The molecule has 1 heterocycles. The zero-order valence-corrected chi connectivity index (χ0v) is 5.92. The molecule has 1 aliphatic rings. The summed E-state index contributed by atoms with van der Waals surface area (Å²) in [6.07, 6.45) is -4.11. The van der Waals surface area contributed by atoms with Crippen molar-refractivity contribution in [3.05, 3.63) is 0 Å². The summed E-state index contributed by atoms with van der Waals surface area (Å²) in [6, 6.07) is 0. The quantitative estimate of drug-likeness (QED) is 0.353. The highest BCUT2D eigenvalue weighted by atomic mass is 16.6. The lowest BCUT2D eigenvalue weighted by Gasteiger charge is -2.33. The first-order valence-corrected chi connectivity index (χ1v) is 3.45. The van der Waals surface area contributed by atoms with Gasteiger partial charge in [0.15, 0.2) is 6.29 Å². The number of hydrogen-bond donors (Lipinski definition) is 4. The Morgan fingerprint density at radius 1 is 1.27 bits per heavy atom. The highest BCUT2D eigenvalue weighted by Crippen LogP contribution is 2.17. The maximum Gasteiger partial charge on any atom is 0.183 e. The predicted molar refractivity (Wildman–Crippen MR) is 34.6 cm³/mol. The van der Waals surface area contributed by atoms with Crippen LogP contribution in [0.1, 0.15) is 6.42 Å². The molecular weight excluding hydrogens is 152 g/mol. The molecule has 0 radical (unpaired) electrons. The zero-order valence-electron chi connectivity index (χ0n) is 5.92. The van der Waals surface area contributed by atoms with Crippen LogP contribution in [0, 0.1) is 0 Å². The lowest BCUT2D eigenvalue weighted by molar-refractivity contribution is -0.251. The van der Waals surface area contributed by atoms with Crippen LogP contribution in [0.5, 0.6) is 0 Å². The minimum Gasteiger partial charge on any atom is -0.394 e. The van der Waals surface area contributed by atoms with Crippen LogP contribution in [0.4, 0.5) is 0 Å². The fraction of sp³-hybridized carbons (Fsp3) is 1.00. The van der Waals surface area contributed by atoms with Crippen LogP contribution in [0.25, 0.3) is 0 Å². The van der Waals surface area contributed by atoms with Crippen molar-refractivity contribution in [2.45, 2.75) is 31.0 Å². The van der Waals surface area contributed by atoms with Crippen LogP contribution >= 0.6 is 0 Å². The number of hydrogen-bond acceptors (Lipinski definition) is 5. The molecule has 0 aromatic heterocycles. The summed E-state index contributed by atoms with van der Waals surface area (Å²) in [6.45, 7) is -0.263. The van der Waals surface area contributed by atoms with Gasteiger partial charge in [0.2, 0.25) is 0 Å². The van der Waals surface area contributed by atoms with Crippen LogP contribution in [0.15, 0.2) is 0 Å². The molecule has 0 unspecified atom stereocenters. The molecule has 4 N–H and O–H groups in total. The van der Waals surface area contributed by atoms with Gasteiger partial charge in [-0.15, -0.1) is 0 Å². The van der Waals surface area contributed by atoms with Crippen molar-refractivity contribution in [2.24, 2.45) is 0 Å². The average molecular weight is 164 g/mol. The molecule has 1 aliphatic heterocycles. The van der Waals surface area contributed by atoms with Gasteiger partial charge in [-0.05, 0) is 0 Å². The first kappa shape index (κ1) is 8.89. The van der Waals surface area contributed by atoms with E-state index in [2.05, 4.69) is 0 Å². The Labute approximate surface area is 63.8 Å². The van der Waals surface area contributed by atoms with E-state index in [1.807, 2.05) is 0 Å². The van der Waals surface area contributed by atoms with E-state index >= 15 is 0 Å².